The van der Waals surface area contributed by atoms with Crippen LogP contribution < -0.4 is 5.56 Å². The van der Waals surface area contributed by atoms with Crippen LogP contribution in [0.2, 0.25) is 0 Å². The van der Waals surface area contributed by atoms with Crippen LogP contribution in [0, 0.1) is 6.92 Å². The summed E-state index contributed by atoms with van der Waals surface area (Å²) in [4.78, 5) is 31.0. The minimum absolute atomic E-state index is 0.0202. The van der Waals surface area contributed by atoms with Gasteiger partial charge in [0.05, 0.1) is 0 Å². The topological polar surface area (TPSA) is 62.9 Å². The lowest BCUT2D eigenvalue weighted by Crippen LogP contribution is -2.49. The largest absolute Gasteiger partial charge is 0.339 e. The van der Waals surface area contributed by atoms with Crippen molar-refractivity contribution in [3.63, 3.8) is 0 Å². The van der Waals surface area contributed by atoms with Crippen LogP contribution in [-0.4, -0.2) is 56.1 Å². The number of carbonyl (C=O) groups excluding carboxylic acids is 1. The maximum absolute atomic E-state index is 12.9. The van der Waals surface area contributed by atoms with Gasteiger partial charge in [-0.25, -0.2) is 4.68 Å². The number of hydrogen-bond donors (Lipinski definition) is 0. The van der Waals surface area contributed by atoms with Gasteiger partial charge >= 0.3 is 0 Å². The molecule has 0 N–H and O–H groups in total. The van der Waals surface area contributed by atoms with E-state index >= 15 is 0 Å². The van der Waals surface area contributed by atoms with E-state index in [9.17, 15) is 9.59 Å². The molecule has 30 heavy (non-hydrogen) atoms. The van der Waals surface area contributed by atoms with Gasteiger partial charge in [-0.15, -0.1) is 11.3 Å². The van der Waals surface area contributed by atoms with Crippen molar-refractivity contribution in [2.24, 2.45) is 0 Å². The van der Waals surface area contributed by atoms with Gasteiger partial charge < -0.3 is 4.90 Å². The lowest BCUT2D eigenvalue weighted by Gasteiger charge is -2.34. The van der Waals surface area contributed by atoms with Gasteiger partial charge in [0.2, 0.25) is 5.91 Å². The van der Waals surface area contributed by atoms with Crippen LogP contribution in [0.3, 0.4) is 0 Å². The second-order valence-corrected chi connectivity index (χ2v) is 8.59. The van der Waals surface area contributed by atoms with E-state index in [0.717, 1.165) is 29.9 Å². The van der Waals surface area contributed by atoms with Gasteiger partial charge in [-0.1, -0.05) is 30.3 Å². The first-order chi connectivity index (χ1) is 14.6. The maximum atomic E-state index is 12.9. The summed E-state index contributed by atoms with van der Waals surface area (Å²) in [6.45, 7) is 5.74. The first kappa shape index (κ1) is 19.0. The van der Waals surface area contributed by atoms with Gasteiger partial charge in [0, 0.05) is 38.1 Å². The van der Waals surface area contributed by atoms with E-state index in [4.69, 9.17) is 0 Å². The van der Waals surface area contributed by atoms with Crippen LogP contribution in [0.25, 0.3) is 15.7 Å². The van der Waals surface area contributed by atoms with E-state index in [1.165, 1.54) is 10.2 Å². The molecule has 1 fully saturated rings. The Balaban J connectivity index is 1.28. The van der Waals surface area contributed by atoms with Crippen molar-refractivity contribution >= 4 is 33.0 Å². The Bertz CT molecular complexity index is 1270. The molecule has 5 rings (SSSR count). The number of fused-ring (bicyclic) bond motifs is 3. The molecule has 3 aromatic heterocycles. The summed E-state index contributed by atoms with van der Waals surface area (Å²) in [5.41, 5.74) is 1.63. The van der Waals surface area contributed by atoms with Crippen LogP contribution in [-0.2, 0) is 17.9 Å². The normalized spacial score (nSPS) is 15.3. The highest BCUT2D eigenvalue weighted by atomic mass is 32.1. The SMILES string of the molecule is Cc1nn(CC(=O)N2CCN(Cc3ccccc3)CC2)c(=O)c2cc3ccsc3n12. The van der Waals surface area contributed by atoms with E-state index < -0.39 is 0 Å². The number of hydrogen-bond acceptors (Lipinski definition) is 5. The van der Waals surface area contributed by atoms with Crippen molar-refractivity contribution in [1.82, 2.24) is 24.0 Å². The molecule has 1 saturated heterocycles. The van der Waals surface area contributed by atoms with Crippen LogP contribution >= 0.6 is 11.3 Å². The van der Waals surface area contributed by atoms with E-state index in [-0.39, 0.29) is 18.0 Å². The Labute approximate surface area is 177 Å². The predicted molar refractivity (Wildman–Crippen MR) is 118 cm³/mol. The van der Waals surface area contributed by atoms with Crippen molar-refractivity contribution in [3.8, 4) is 0 Å². The lowest BCUT2D eigenvalue weighted by molar-refractivity contribution is -0.133. The van der Waals surface area contributed by atoms with E-state index in [2.05, 4.69) is 22.1 Å². The fourth-order valence-corrected chi connectivity index (χ4v) is 5.07. The van der Waals surface area contributed by atoms with Gasteiger partial charge in [0.25, 0.3) is 5.56 Å². The summed E-state index contributed by atoms with van der Waals surface area (Å²) >= 11 is 1.58. The number of amides is 1. The molecule has 0 unspecified atom stereocenters. The number of rotatable bonds is 4. The molecule has 0 bridgehead atoms. The molecular formula is C22H23N5O2S. The molecule has 4 heterocycles. The van der Waals surface area contributed by atoms with E-state index in [0.29, 0.717) is 24.4 Å². The molecule has 1 aliphatic rings. The molecule has 1 amide bonds. The number of aryl methyl sites for hydroxylation is 1. The Morgan fingerprint density at radius 1 is 1.10 bits per heavy atom. The molecule has 7 nitrogen and oxygen atoms in total. The minimum atomic E-state index is -0.222. The highest BCUT2D eigenvalue weighted by Gasteiger charge is 2.23. The lowest BCUT2D eigenvalue weighted by atomic mass is 10.2. The maximum Gasteiger partial charge on any atom is 0.291 e. The summed E-state index contributed by atoms with van der Waals surface area (Å²) in [5.74, 6) is 0.656. The van der Waals surface area contributed by atoms with Gasteiger partial charge in [-0.05, 0) is 30.0 Å². The monoisotopic (exact) mass is 421 g/mol. The first-order valence-corrected chi connectivity index (χ1v) is 11.0. The van der Waals surface area contributed by atoms with Gasteiger partial charge in [-0.2, -0.15) is 5.10 Å². The quantitative estimate of drug-likeness (QED) is 0.508. The fraction of sp³-hybridized carbons (Fsp3) is 0.318. The number of thiophene rings is 1. The molecule has 8 heteroatoms. The number of aromatic nitrogens is 3. The van der Waals surface area contributed by atoms with Gasteiger partial charge in [0.15, 0.2) is 0 Å². The Kier molecular flexibility index (Phi) is 4.88. The third kappa shape index (κ3) is 3.42. The second kappa shape index (κ2) is 7.70. The fourth-order valence-electron chi connectivity index (χ4n) is 4.13. The van der Waals surface area contributed by atoms with Crippen molar-refractivity contribution in [3.05, 3.63) is 69.6 Å². The molecule has 0 saturated carbocycles. The number of nitrogens with zero attached hydrogens (tertiary/aromatic N) is 5. The van der Waals surface area contributed by atoms with Crippen molar-refractivity contribution in [1.29, 1.82) is 0 Å². The summed E-state index contributed by atoms with van der Waals surface area (Å²) in [5, 5.41) is 7.46. The standard InChI is InChI=1S/C22H23N5O2S/c1-16-23-26(21(29)19-13-18-7-12-30-22(18)27(16)19)15-20(28)25-10-8-24(9-11-25)14-17-5-3-2-4-6-17/h2-7,12-13H,8-11,14-15H2,1H3. The summed E-state index contributed by atoms with van der Waals surface area (Å²) < 4.78 is 3.19. The molecule has 4 aromatic rings. The second-order valence-electron chi connectivity index (χ2n) is 7.70. The number of carbonyl (C=O) groups is 1. The molecule has 0 atom stereocenters. The van der Waals surface area contributed by atoms with Gasteiger partial charge in [0.1, 0.15) is 22.7 Å². The van der Waals surface area contributed by atoms with Crippen LogP contribution in [0.4, 0.5) is 0 Å². The van der Waals surface area contributed by atoms with Crippen molar-refractivity contribution in [2.75, 3.05) is 26.2 Å². The minimum Gasteiger partial charge on any atom is -0.339 e. The van der Waals surface area contributed by atoms with Gasteiger partial charge in [-0.3, -0.25) is 18.9 Å². The van der Waals surface area contributed by atoms with Crippen molar-refractivity contribution < 1.29 is 4.79 Å². The molecule has 0 aliphatic carbocycles. The molecule has 0 spiro atoms. The Hall–Kier alpha value is -2.97. The number of piperazine rings is 1. The zero-order valence-electron chi connectivity index (χ0n) is 16.8. The van der Waals surface area contributed by atoms with Crippen LogP contribution in [0.15, 0.2) is 52.6 Å². The third-order valence-corrected chi connectivity index (χ3v) is 6.63. The molecule has 154 valence electrons. The molecule has 1 aliphatic heterocycles. The highest BCUT2D eigenvalue weighted by Crippen LogP contribution is 2.24. The molecular weight excluding hydrogens is 398 g/mol. The zero-order chi connectivity index (χ0) is 20.7. The van der Waals surface area contributed by atoms with Crippen molar-refractivity contribution in [2.45, 2.75) is 20.0 Å². The zero-order valence-corrected chi connectivity index (χ0v) is 17.6. The average Bonchev–Trinajstić information content (AvgIpc) is 3.34. The highest BCUT2D eigenvalue weighted by molar-refractivity contribution is 7.16. The molecule has 1 aromatic carbocycles. The summed E-state index contributed by atoms with van der Waals surface area (Å²) in [6, 6.07) is 14.2. The average molecular weight is 422 g/mol. The first-order valence-electron chi connectivity index (χ1n) is 10.1. The van der Waals surface area contributed by atoms with E-state index in [1.807, 2.05) is 51.9 Å². The van der Waals surface area contributed by atoms with Crippen LogP contribution in [0.1, 0.15) is 11.4 Å². The summed E-state index contributed by atoms with van der Waals surface area (Å²) in [7, 11) is 0. The predicted octanol–water partition coefficient (Wildman–Crippen LogP) is 2.36. The van der Waals surface area contributed by atoms with E-state index in [1.54, 1.807) is 11.3 Å². The third-order valence-electron chi connectivity index (χ3n) is 5.71. The Morgan fingerprint density at radius 2 is 1.87 bits per heavy atom. The Morgan fingerprint density at radius 3 is 2.63 bits per heavy atom. The molecule has 0 radical (unpaired) electrons. The smallest absolute Gasteiger partial charge is 0.291 e. The summed E-state index contributed by atoms with van der Waals surface area (Å²) in [6.07, 6.45) is 0. The van der Waals surface area contributed by atoms with Crippen LogP contribution in [0.5, 0.6) is 0 Å². The number of benzene rings is 1.